The molecule has 1 aliphatic rings. The molecule has 0 bridgehead atoms. The number of carbonyl (C=O) groups excluding carboxylic acids is 2. The van der Waals surface area contributed by atoms with Gasteiger partial charge < -0.3 is 16.0 Å². The number of hydrogen-bond donors (Lipinski definition) is 3. The number of rotatable bonds is 7. The first kappa shape index (κ1) is 18.3. The normalized spacial score (nSPS) is 16.2. The van der Waals surface area contributed by atoms with Gasteiger partial charge in [0.2, 0.25) is 5.91 Å². The van der Waals surface area contributed by atoms with Gasteiger partial charge in [-0.2, -0.15) is 0 Å². The van der Waals surface area contributed by atoms with Gasteiger partial charge in [-0.05, 0) is 31.7 Å². The van der Waals surface area contributed by atoms with Crippen LogP contribution in [0.4, 0.5) is 4.79 Å². The number of urea groups is 1. The van der Waals surface area contributed by atoms with E-state index in [0.717, 1.165) is 18.4 Å². The second-order valence-corrected chi connectivity index (χ2v) is 6.54. The van der Waals surface area contributed by atoms with E-state index >= 15 is 0 Å². The highest BCUT2D eigenvalue weighted by molar-refractivity contribution is 5.76. The van der Waals surface area contributed by atoms with E-state index in [9.17, 15) is 9.59 Å². The summed E-state index contributed by atoms with van der Waals surface area (Å²) in [4.78, 5) is 23.7. The minimum Gasteiger partial charge on any atom is -0.350 e. The topological polar surface area (TPSA) is 70.2 Å². The third kappa shape index (κ3) is 6.60. The van der Waals surface area contributed by atoms with Gasteiger partial charge in [-0.3, -0.25) is 4.79 Å². The van der Waals surface area contributed by atoms with Gasteiger partial charge >= 0.3 is 6.03 Å². The van der Waals surface area contributed by atoms with Crippen molar-refractivity contribution in [3.05, 3.63) is 35.9 Å². The quantitative estimate of drug-likeness (QED) is 0.671. The van der Waals surface area contributed by atoms with Gasteiger partial charge in [0.05, 0.1) is 6.04 Å². The lowest BCUT2D eigenvalue weighted by molar-refractivity contribution is -0.121. The molecule has 0 radical (unpaired) electrons. The average Bonchev–Trinajstić information content (AvgIpc) is 2.60. The Hall–Kier alpha value is -2.04. The molecule has 5 nitrogen and oxygen atoms in total. The molecule has 0 spiro atoms. The summed E-state index contributed by atoms with van der Waals surface area (Å²) in [5.41, 5.74) is 1.09. The van der Waals surface area contributed by atoms with E-state index in [2.05, 4.69) is 16.0 Å². The second-order valence-electron chi connectivity index (χ2n) is 6.54. The smallest absolute Gasteiger partial charge is 0.315 e. The molecule has 1 aromatic carbocycles. The summed E-state index contributed by atoms with van der Waals surface area (Å²) in [6, 6.07) is 10.1. The summed E-state index contributed by atoms with van der Waals surface area (Å²) in [5.74, 6) is 0.0147. The van der Waals surface area contributed by atoms with Crippen molar-refractivity contribution >= 4 is 11.9 Å². The molecule has 24 heavy (non-hydrogen) atoms. The van der Waals surface area contributed by atoms with Gasteiger partial charge in [-0.25, -0.2) is 4.79 Å². The second kappa shape index (κ2) is 9.96. The summed E-state index contributed by atoms with van der Waals surface area (Å²) < 4.78 is 0. The van der Waals surface area contributed by atoms with Crippen molar-refractivity contribution in [2.45, 2.75) is 64.0 Å². The first-order chi connectivity index (χ1) is 11.6. The number of nitrogens with one attached hydrogen (secondary N) is 3. The first-order valence-electron chi connectivity index (χ1n) is 9.04. The van der Waals surface area contributed by atoms with Crippen LogP contribution < -0.4 is 16.0 Å². The van der Waals surface area contributed by atoms with Gasteiger partial charge in [0.1, 0.15) is 0 Å². The van der Waals surface area contributed by atoms with Gasteiger partial charge in [0.25, 0.3) is 0 Å². The molecule has 5 heteroatoms. The van der Waals surface area contributed by atoms with Crippen molar-refractivity contribution in [3.63, 3.8) is 0 Å². The zero-order valence-electron chi connectivity index (χ0n) is 14.5. The molecule has 132 valence electrons. The average molecular weight is 331 g/mol. The summed E-state index contributed by atoms with van der Waals surface area (Å²) in [7, 11) is 0. The summed E-state index contributed by atoms with van der Waals surface area (Å²) in [6.45, 7) is 2.49. The van der Waals surface area contributed by atoms with Crippen molar-refractivity contribution < 1.29 is 9.59 Å². The summed E-state index contributed by atoms with van der Waals surface area (Å²) in [5, 5.41) is 8.83. The molecule has 1 unspecified atom stereocenters. The fourth-order valence-corrected chi connectivity index (χ4v) is 3.07. The van der Waals surface area contributed by atoms with E-state index < -0.39 is 0 Å². The predicted octanol–water partition coefficient (Wildman–Crippen LogP) is 3.28. The zero-order chi connectivity index (χ0) is 17.2. The zero-order valence-corrected chi connectivity index (χ0v) is 14.5. The van der Waals surface area contributed by atoms with Crippen LogP contribution >= 0.6 is 0 Å². The molecular weight excluding hydrogens is 302 g/mol. The maximum atomic E-state index is 11.9. The highest BCUT2D eigenvalue weighted by Gasteiger charge is 2.15. The largest absolute Gasteiger partial charge is 0.350 e. The van der Waals surface area contributed by atoms with Crippen LogP contribution in [-0.4, -0.2) is 24.5 Å². The molecule has 1 fully saturated rings. The minimum absolute atomic E-state index is 0.00117. The molecule has 1 aromatic rings. The van der Waals surface area contributed by atoms with Crippen molar-refractivity contribution in [2.24, 2.45) is 0 Å². The third-order valence-electron chi connectivity index (χ3n) is 4.48. The van der Waals surface area contributed by atoms with Crippen LogP contribution in [0, 0.1) is 0 Å². The number of hydrogen-bond acceptors (Lipinski definition) is 2. The molecular formula is C19H29N3O2. The molecule has 0 heterocycles. The van der Waals surface area contributed by atoms with Gasteiger partial charge in [-0.1, -0.05) is 49.6 Å². The maximum absolute atomic E-state index is 11.9. The van der Waals surface area contributed by atoms with Gasteiger partial charge in [-0.15, -0.1) is 0 Å². The van der Waals surface area contributed by atoms with E-state index in [4.69, 9.17) is 0 Å². The monoisotopic (exact) mass is 331 g/mol. The first-order valence-corrected chi connectivity index (χ1v) is 9.04. The van der Waals surface area contributed by atoms with E-state index in [1.54, 1.807) is 0 Å². The molecule has 0 aliphatic heterocycles. The standard InChI is InChI=1S/C19H29N3O2/c1-15(16-9-4-2-5-10-16)21-18(23)13-8-14-20-19(24)22-17-11-6-3-7-12-17/h2,4-5,9-10,15,17H,3,6-8,11-14H2,1H3,(H,21,23)(H2,20,22,24). The number of carbonyl (C=O) groups is 2. The lowest BCUT2D eigenvalue weighted by Gasteiger charge is -2.22. The Morgan fingerprint density at radius 3 is 2.54 bits per heavy atom. The maximum Gasteiger partial charge on any atom is 0.315 e. The molecule has 1 aliphatic carbocycles. The summed E-state index contributed by atoms with van der Waals surface area (Å²) in [6.07, 6.45) is 6.89. The van der Waals surface area contributed by atoms with Crippen molar-refractivity contribution in [1.82, 2.24) is 16.0 Å². The molecule has 0 aromatic heterocycles. The molecule has 3 N–H and O–H groups in total. The fraction of sp³-hybridized carbons (Fsp3) is 0.579. The van der Waals surface area contributed by atoms with Crippen LogP contribution in [-0.2, 0) is 4.79 Å². The lowest BCUT2D eigenvalue weighted by atomic mass is 9.96. The van der Waals surface area contributed by atoms with Crippen molar-refractivity contribution in [1.29, 1.82) is 0 Å². The van der Waals surface area contributed by atoms with E-state index in [-0.39, 0.29) is 18.0 Å². The molecule has 3 amide bonds. The van der Waals surface area contributed by atoms with Crippen LogP contribution in [0.15, 0.2) is 30.3 Å². The van der Waals surface area contributed by atoms with Crippen LogP contribution in [0.25, 0.3) is 0 Å². The van der Waals surface area contributed by atoms with Crippen LogP contribution in [0.1, 0.15) is 63.5 Å². The van der Waals surface area contributed by atoms with Crippen LogP contribution in [0.3, 0.4) is 0 Å². The predicted molar refractivity (Wildman–Crippen MR) is 95.6 cm³/mol. The van der Waals surface area contributed by atoms with E-state index in [1.165, 1.54) is 19.3 Å². The fourth-order valence-electron chi connectivity index (χ4n) is 3.07. The highest BCUT2D eigenvalue weighted by atomic mass is 16.2. The number of amides is 3. The molecule has 0 saturated heterocycles. The molecule has 1 atom stereocenters. The molecule has 1 saturated carbocycles. The van der Waals surface area contributed by atoms with Crippen molar-refractivity contribution in [2.75, 3.05) is 6.54 Å². The van der Waals surface area contributed by atoms with Gasteiger partial charge in [0, 0.05) is 19.0 Å². The van der Waals surface area contributed by atoms with Gasteiger partial charge in [0.15, 0.2) is 0 Å². The van der Waals surface area contributed by atoms with Crippen molar-refractivity contribution in [3.8, 4) is 0 Å². The Morgan fingerprint density at radius 2 is 1.83 bits per heavy atom. The third-order valence-corrected chi connectivity index (χ3v) is 4.48. The van der Waals surface area contributed by atoms with E-state index in [0.29, 0.717) is 25.4 Å². The Balaban J connectivity index is 1.56. The lowest BCUT2D eigenvalue weighted by Crippen LogP contribution is -2.43. The van der Waals surface area contributed by atoms with Crippen LogP contribution in [0.2, 0.25) is 0 Å². The Kier molecular flexibility index (Phi) is 7.59. The van der Waals surface area contributed by atoms with E-state index in [1.807, 2.05) is 37.3 Å². The molecule has 2 rings (SSSR count). The van der Waals surface area contributed by atoms with Crippen LogP contribution in [0.5, 0.6) is 0 Å². The summed E-state index contributed by atoms with van der Waals surface area (Å²) >= 11 is 0. The number of benzene rings is 1. The Bertz CT molecular complexity index is 513. The Labute approximate surface area is 144 Å². The minimum atomic E-state index is -0.111. The Morgan fingerprint density at radius 1 is 1.12 bits per heavy atom. The SMILES string of the molecule is CC(NC(=O)CCCNC(=O)NC1CCCCC1)c1ccccc1. The highest BCUT2D eigenvalue weighted by Crippen LogP contribution is 2.17.